The lowest BCUT2D eigenvalue weighted by Gasteiger charge is -2.09. The Morgan fingerprint density at radius 3 is 2.81 bits per heavy atom. The van der Waals surface area contributed by atoms with Crippen molar-refractivity contribution in [3.8, 4) is 17.4 Å². The smallest absolute Gasteiger partial charge is 0.325 e. The molecule has 0 aliphatic carbocycles. The van der Waals surface area contributed by atoms with Gasteiger partial charge < -0.3 is 24.5 Å². The molecule has 1 aliphatic heterocycles. The normalized spacial score (nSPS) is 11.9. The van der Waals surface area contributed by atoms with Gasteiger partial charge in [-0.1, -0.05) is 6.07 Å². The maximum Gasteiger partial charge on any atom is 0.325 e. The van der Waals surface area contributed by atoms with Crippen molar-refractivity contribution in [1.82, 2.24) is 20.3 Å². The van der Waals surface area contributed by atoms with Crippen LogP contribution in [0, 0.1) is 6.92 Å². The first kappa shape index (κ1) is 21.2. The number of rotatable bonds is 8. The summed E-state index contributed by atoms with van der Waals surface area (Å²) in [6.07, 6.45) is 1.96. The predicted molar refractivity (Wildman–Crippen MR) is 114 cm³/mol. The predicted octanol–water partition coefficient (Wildman–Crippen LogP) is 1.32. The highest BCUT2D eigenvalue weighted by Crippen LogP contribution is 2.32. The van der Waals surface area contributed by atoms with Gasteiger partial charge in [-0.2, -0.15) is 0 Å². The summed E-state index contributed by atoms with van der Waals surface area (Å²) in [6, 6.07) is 9.13. The lowest BCUT2D eigenvalue weighted by atomic mass is 10.1. The van der Waals surface area contributed by atoms with Gasteiger partial charge in [0.2, 0.25) is 18.6 Å². The molecule has 3 heterocycles. The van der Waals surface area contributed by atoms with Crippen LogP contribution in [0.2, 0.25) is 0 Å². The highest BCUT2D eigenvalue weighted by atomic mass is 16.7. The molecule has 10 nitrogen and oxygen atoms in total. The van der Waals surface area contributed by atoms with Crippen molar-refractivity contribution in [2.75, 3.05) is 6.79 Å². The molecule has 1 aromatic carbocycles. The summed E-state index contributed by atoms with van der Waals surface area (Å²) in [4.78, 5) is 44.2. The Bertz CT molecular complexity index is 1250. The summed E-state index contributed by atoms with van der Waals surface area (Å²) in [6.45, 7) is 2.46. The number of ether oxygens (including phenoxy) is 3. The van der Waals surface area contributed by atoms with Crippen LogP contribution in [-0.2, 0) is 24.4 Å². The molecular weight excluding hydrogens is 416 g/mol. The van der Waals surface area contributed by atoms with Gasteiger partial charge in [0, 0.05) is 36.5 Å². The van der Waals surface area contributed by atoms with Crippen LogP contribution < -0.4 is 30.8 Å². The van der Waals surface area contributed by atoms with Crippen LogP contribution in [0.3, 0.4) is 0 Å². The van der Waals surface area contributed by atoms with Crippen LogP contribution in [0.25, 0.3) is 0 Å². The summed E-state index contributed by atoms with van der Waals surface area (Å²) in [5, 5.41) is 2.81. The highest BCUT2D eigenvalue weighted by molar-refractivity contribution is 5.76. The number of carbonyl (C=O) groups is 1. The zero-order valence-corrected chi connectivity index (χ0v) is 17.4. The number of aryl methyl sites for hydroxylation is 1. The van der Waals surface area contributed by atoms with Gasteiger partial charge in [0.1, 0.15) is 6.61 Å². The minimum atomic E-state index is -0.560. The van der Waals surface area contributed by atoms with E-state index in [0.29, 0.717) is 41.8 Å². The Balaban J connectivity index is 1.28. The van der Waals surface area contributed by atoms with Gasteiger partial charge in [0.15, 0.2) is 11.5 Å². The number of pyridine rings is 1. The van der Waals surface area contributed by atoms with E-state index in [-0.39, 0.29) is 25.5 Å². The van der Waals surface area contributed by atoms with Crippen LogP contribution in [0.1, 0.15) is 28.8 Å². The van der Waals surface area contributed by atoms with Crippen LogP contribution in [-0.4, -0.2) is 27.7 Å². The summed E-state index contributed by atoms with van der Waals surface area (Å²) >= 11 is 0. The molecule has 0 fully saturated rings. The van der Waals surface area contributed by atoms with Crippen molar-refractivity contribution in [2.24, 2.45) is 0 Å². The Morgan fingerprint density at radius 2 is 1.97 bits per heavy atom. The zero-order valence-electron chi connectivity index (χ0n) is 17.4. The zero-order chi connectivity index (χ0) is 22.5. The van der Waals surface area contributed by atoms with Gasteiger partial charge in [-0.3, -0.25) is 14.6 Å². The second kappa shape index (κ2) is 9.38. The molecule has 0 spiro atoms. The molecule has 166 valence electrons. The molecule has 4 rings (SSSR count). The number of H-pyrrole nitrogens is 2. The number of carbonyl (C=O) groups excluding carboxylic acids is 1. The average molecular weight is 438 g/mol. The van der Waals surface area contributed by atoms with Crippen molar-refractivity contribution in [3.63, 3.8) is 0 Å². The van der Waals surface area contributed by atoms with Crippen LogP contribution in [0.15, 0.2) is 46.1 Å². The third-order valence-electron chi connectivity index (χ3n) is 4.97. The molecule has 3 aromatic rings. The molecule has 32 heavy (non-hydrogen) atoms. The first-order valence-electron chi connectivity index (χ1n) is 10.0. The topological polar surface area (TPSA) is 135 Å². The molecule has 0 radical (unpaired) electrons. The monoisotopic (exact) mass is 438 g/mol. The Kier molecular flexibility index (Phi) is 6.20. The van der Waals surface area contributed by atoms with E-state index in [4.69, 9.17) is 14.2 Å². The lowest BCUT2D eigenvalue weighted by molar-refractivity contribution is -0.121. The highest BCUT2D eigenvalue weighted by Gasteiger charge is 2.13. The number of benzene rings is 1. The first-order chi connectivity index (χ1) is 15.5. The van der Waals surface area contributed by atoms with E-state index in [9.17, 15) is 14.4 Å². The maximum atomic E-state index is 12.2. The number of aromatic amines is 2. The third kappa shape index (κ3) is 5.15. The van der Waals surface area contributed by atoms with Gasteiger partial charge in [0.25, 0.3) is 5.56 Å². The minimum absolute atomic E-state index is 0.120. The molecule has 0 atom stereocenters. The Morgan fingerprint density at radius 1 is 1.12 bits per heavy atom. The molecule has 2 aromatic heterocycles. The SMILES string of the molecule is Cc1[nH]c(=O)[nH]c(=O)c1CCC(=O)NCc1ccnc(OCc2ccc3c(c2)OCO3)c1. The molecular formula is C22H22N4O6. The van der Waals surface area contributed by atoms with E-state index in [1.54, 1.807) is 25.3 Å². The fourth-order valence-corrected chi connectivity index (χ4v) is 3.28. The summed E-state index contributed by atoms with van der Waals surface area (Å²) in [7, 11) is 0. The Labute approximate surface area is 182 Å². The third-order valence-corrected chi connectivity index (χ3v) is 4.97. The van der Waals surface area contributed by atoms with Gasteiger partial charge in [-0.25, -0.2) is 9.78 Å². The first-order valence-corrected chi connectivity index (χ1v) is 10.0. The minimum Gasteiger partial charge on any atom is -0.473 e. The number of hydrogen-bond donors (Lipinski definition) is 3. The fourth-order valence-electron chi connectivity index (χ4n) is 3.28. The number of amides is 1. The molecule has 0 unspecified atom stereocenters. The van der Waals surface area contributed by atoms with E-state index in [1.807, 2.05) is 18.2 Å². The van der Waals surface area contributed by atoms with E-state index in [1.165, 1.54) is 0 Å². The second-order valence-corrected chi connectivity index (χ2v) is 7.27. The van der Waals surface area contributed by atoms with Crippen LogP contribution in [0.4, 0.5) is 0 Å². The quantitative estimate of drug-likeness (QED) is 0.483. The molecule has 0 bridgehead atoms. The molecule has 10 heteroatoms. The van der Waals surface area contributed by atoms with Gasteiger partial charge in [-0.15, -0.1) is 0 Å². The molecule has 3 N–H and O–H groups in total. The molecule has 0 saturated heterocycles. The lowest BCUT2D eigenvalue weighted by Crippen LogP contribution is -2.29. The molecule has 1 aliphatic rings. The van der Waals surface area contributed by atoms with E-state index < -0.39 is 11.2 Å². The van der Waals surface area contributed by atoms with Crippen molar-refractivity contribution in [3.05, 3.63) is 79.8 Å². The van der Waals surface area contributed by atoms with Crippen molar-refractivity contribution < 1.29 is 19.0 Å². The van der Waals surface area contributed by atoms with Crippen molar-refractivity contribution >= 4 is 5.91 Å². The number of fused-ring (bicyclic) bond motifs is 1. The van der Waals surface area contributed by atoms with Crippen LogP contribution >= 0.6 is 0 Å². The maximum absolute atomic E-state index is 12.2. The van der Waals surface area contributed by atoms with Crippen molar-refractivity contribution in [1.29, 1.82) is 0 Å². The largest absolute Gasteiger partial charge is 0.473 e. The Hall–Kier alpha value is -4.08. The average Bonchev–Trinajstić information content (AvgIpc) is 3.24. The summed E-state index contributed by atoms with van der Waals surface area (Å²) in [5.74, 6) is 1.62. The van der Waals surface area contributed by atoms with Crippen molar-refractivity contribution in [2.45, 2.75) is 32.9 Å². The second-order valence-electron chi connectivity index (χ2n) is 7.27. The van der Waals surface area contributed by atoms with E-state index in [0.717, 1.165) is 11.1 Å². The van der Waals surface area contributed by atoms with E-state index in [2.05, 4.69) is 20.3 Å². The molecule has 1 amide bonds. The van der Waals surface area contributed by atoms with Gasteiger partial charge in [0.05, 0.1) is 0 Å². The van der Waals surface area contributed by atoms with Gasteiger partial charge >= 0.3 is 5.69 Å². The number of aromatic nitrogens is 3. The van der Waals surface area contributed by atoms with Gasteiger partial charge in [-0.05, 0) is 42.7 Å². The summed E-state index contributed by atoms with van der Waals surface area (Å²) in [5.41, 5.74) is 1.56. The number of nitrogens with one attached hydrogen (secondary N) is 3. The van der Waals surface area contributed by atoms with E-state index >= 15 is 0 Å². The number of nitrogens with zero attached hydrogens (tertiary/aromatic N) is 1. The number of hydrogen-bond acceptors (Lipinski definition) is 7. The van der Waals surface area contributed by atoms with Crippen LogP contribution in [0.5, 0.6) is 17.4 Å². The summed E-state index contributed by atoms with van der Waals surface area (Å²) < 4.78 is 16.4. The molecule has 0 saturated carbocycles. The fraction of sp³-hybridized carbons (Fsp3) is 0.273. The standard InChI is InChI=1S/C22H22N4O6/c1-13-16(21(28)26-22(29)25-13)3-5-19(27)24-10-14-6-7-23-20(9-14)30-11-15-2-4-17-18(8-15)32-12-31-17/h2,4,6-9H,3,5,10-12H2,1H3,(H,24,27)(H2,25,26,28,29).